The van der Waals surface area contributed by atoms with Crippen molar-refractivity contribution >= 4 is 27.5 Å². The molecule has 0 saturated heterocycles. The smallest absolute Gasteiger partial charge is 0.0628 e. The van der Waals surface area contributed by atoms with Gasteiger partial charge in [-0.05, 0) is 67.1 Å². The Hall–Kier alpha value is -0.790. The predicted molar refractivity (Wildman–Crippen MR) is 87.1 cm³/mol. The molecule has 0 aromatic heterocycles. The minimum atomic E-state index is 0.0135. The van der Waals surface area contributed by atoms with Crippen molar-refractivity contribution in [2.45, 2.75) is 32.6 Å². The van der Waals surface area contributed by atoms with Crippen molar-refractivity contribution in [2.24, 2.45) is 0 Å². The molecule has 2 aromatic rings. The zero-order chi connectivity index (χ0) is 14.0. The first-order chi connectivity index (χ1) is 8.97. The average molecular weight is 338 g/mol. The number of halogens is 2. The Morgan fingerprint density at radius 2 is 1.63 bits per heavy atom. The van der Waals surface area contributed by atoms with Crippen LogP contribution in [0.5, 0.6) is 0 Å². The van der Waals surface area contributed by atoms with Crippen molar-refractivity contribution in [1.82, 2.24) is 0 Å². The molecule has 0 aliphatic rings. The van der Waals surface area contributed by atoms with Crippen LogP contribution in [0.3, 0.4) is 0 Å². The standard InChI is InChI=1S/C17H18BrCl/c1-11-4-6-14(8-13(11)3)9-17(19)16-10-15(18)7-5-12(16)2/h4-8,10,17H,9H2,1-3H3. The Morgan fingerprint density at radius 3 is 2.32 bits per heavy atom. The van der Waals surface area contributed by atoms with Crippen molar-refractivity contribution in [3.63, 3.8) is 0 Å². The molecule has 0 radical (unpaired) electrons. The van der Waals surface area contributed by atoms with Gasteiger partial charge in [0.05, 0.1) is 5.38 Å². The maximum absolute atomic E-state index is 6.59. The average Bonchev–Trinajstić information content (AvgIpc) is 2.36. The lowest BCUT2D eigenvalue weighted by molar-refractivity contribution is 0.906. The number of hydrogen-bond donors (Lipinski definition) is 0. The highest BCUT2D eigenvalue weighted by Crippen LogP contribution is 2.30. The predicted octanol–water partition coefficient (Wildman–Crippen LogP) is 5.90. The van der Waals surface area contributed by atoms with Crippen LogP contribution in [0.15, 0.2) is 40.9 Å². The van der Waals surface area contributed by atoms with Gasteiger partial charge in [-0.2, -0.15) is 0 Å². The first-order valence-corrected chi connectivity index (χ1v) is 7.66. The Kier molecular flexibility index (Phi) is 4.70. The molecule has 1 unspecified atom stereocenters. The van der Waals surface area contributed by atoms with E-state index in [4.69, 9.17) is 11.6 Å². The molecule has 19 heavy (non-hydrogen) atoms. The maximum Gasteiger partial charge on any atom is 0.0628 e. The van der Waals surface area contributed by atoms with Crippen molar-refractivity contribution in [3.8, 4) is 0 Å². The van der Waals surface area contributed by atoms with Gasteiger partial charge in [-0.25, -0.2) is 0 Å². The Bertz CT molecular complexity index is 590. The minimum Gasteiger partial charge on any atom is -0.117 e. The van der Waals surface area contributed by atoms with Crippen LogP contribution in [0.25, 0.3) is 0 Å². The summed E-state index contributed by atoms with van der Waals surface area (Å²) in [4.78, 5) is 0. The van der Waals surface area contributed by atoms with Crippen LogP contribution in [0, 0.1) is 20.8 Å². The first-order valence-electron chi connectivity index (χ1n) is 6.43. The van der Waals surface area contributed by atoms with E-state index in [-0.39, 0.29) is 5.38 Å². The second-order valence-corrected chi connectivity index (χ2v) is 6.53. The molecule has 0 heterocycles. The Labute approximate surface area is 128 Å². The number of benzene rings is 2. The summed E-state index contributed by atoms with van der Waals surface area (Å²) in [7, 11) is 0. The summed E-state index contributed by atoms with van der Waals surface area (Å²) in [5.74, 6) is 0. The molecular weight excluding hydrogens is 320 g/mol. The maximum atomic E-state index is 6.59. The van der Waals surface area contributed by atoms with E-state index < -0.39 is 0 Å². The molecule has 0 bridgehead atoms. The lowest BCUT2D eigenvalue weighted by Gasteiger charge is -2.14. The molecule has 0 aliphatic heterocycles. The van der Waals surface area contributed by atoms with E-state index in [1.807, 2.05) is 0 Å². The monoisotopic (exact) mass is 336 g/mol. The van der Waals surface area contributed by atoms with E-state index in [9.17, 15) is 0 Å². The molecule has 0 fully saturated rings. The molecule has 100 valence electrons. The van der Waals surface area contributed by atoms with Gasteiger partial charge in [0.15, 0.2) is 0 Å². The molecule has 0 spiro atoms. The number of rotatable bonds is 3. The molecule has 2 heteroatoms. The molecular formula is C17H18BrCl. The summed E-state index contributed by atoms with van der Waals surface area (Å²) in [5.41, 5.74) is 6.39. The second kappa shape index (κ2) is 6.11. The minimum absolute atomic E-state index is 0.0135. The summed E-state index contributed by atoms with van der Waals surface area (Å²) in [6, 6.07) is 12.9. The van der Waals surface area contributed by atoms with Crippen LogP contribution in [0.4, 0.5) is 0 Å². The van der Waals surface area contributed by atoms with Gasteiger partial charge in [0, 0.05) is 4.47 Å². The molecule has 0 amide bonds. The molecule has 0 saturated carbocycles. The van der Waals surface area contributed by atoms with Gasteiger partial charge < -0.3 is 0 Å². The first kappa shape index (κ1) is 14.6. The topological polar surface area (TPSA) is 0 Å². The van der Waals surface area contributed by atoms with Crippen molar-refractivity contribution in [2.75, 3.05) is 0 Å². The summed E-state index contributed by atoms with van der Waals surface area (Å²) in [6.45, 7) is 6.39. The molecule has 1 atom stereocenters. The quantitative estimate of drug-likeness (QED) is 0.612. The van der Waals surface area contributed by atoms with Gasteiger partial charge in [0.2, 0.25) is 0 Å². The van der Waals surface area contributed by atoms with E-state index >= 15 is 0 Å². The third kappa shape index (κ3) is 3.61. The lowest BCUT2D eigenvalue weighted by Crippen LogP contribution is -1.99. The molecule has 2 aromatic carbocycles. The zero-order valence-corrected chi connectivity index (χ0v) is 13.8. The molecule has 0 aliphatic carbocycles. The fraction of sp³-hybridized carbons (Fsp3) is 0.294. The van der Waals surface area contributed by atoms with Gasteiger partial charge in [-0.3, -0.25) is 0 Å². The van der Waals surface area contributed by atoms with Gasteiger partial charge in [0.1, 0.15) is 0 Å². The number of alkyl halides is 1. The summed E-state index contributed by atoms with van der Waals surface area (Å²) >= 11 is 10.1. The fourth-order valence-corrected chi connectivity index (χ4v) is 2.99. The van der Waals surface area contributed by atoms with Gasteiger partial charge in [-0.1, -0.05) is 40.2 Å². The van der Waals surface area contributed by atoms with E-state index in [0.29, 0.717) is 0 Å². The summed E-state index contributed by atoms with van der Waals surface area (Å²) in [6.07, 6.45) is 0.861. The van der Waals surface area contributed by atoms with E-state index in [1.165, 1.54) is 27.8 Å². The zero-order valence-electron chi connectivity index (χ0n) is 11.5. The van der Waals surface area contributed by atoms with Crippen LogP contribution in [0.2, 0.25) is 0 Å². The number of hydrogen-bond acceptors (Lipinski definition) is 0. The van der Waals surface area contributed by atoms with E-state index in [2.05, 4.69) is 73.1 Å². The van der Waals surface area contributed by atoms with Crippen LogP contribution in [-0.2, 0) is 6.42 Å². The summed E-state index contributed by atoms with van der Waals surface area (Å²) in [5, 5.41) is 0.0135. The third-order valence-electron chi connectivity index (χ3n) is 3.56. The molecule has 0 nitrogen and oxygen atoms in total. The van der Waals surface area contributed by atoms with Crippen molar-refractivity contribution in [3.05, 3.63) is 68.7 Å². The number of aryl methyl sites for hydroxylation is 3. The largest absolute Gasteiger partial charge is 0.117 e. The van der Waals surface area contributed by atoms with Crippen LogP contribution < -0.4 is 0 Å². The lowest BCUT2D eigenvalue weighted by atomic mass is 9.98. The van der Waals surface area contributed by atoms with E-state index in [1.54, 1.807) is 0 Å². The Morgan fingerprint density at radius 1 is 0.947 bits per heavy atom. The second-order valence-electron chi connectivity index (χ2n) is 5.09. The highest BCUT2D eigenvalue weighted by molar-refractivity contribution is 9.10. The van der Waals surface area contributed by atoms with Crippen LogP contribution in [0.1, 0.15) is 33.2 Å². The summed E-state index contributed by atoms with van der Waals surface area (Å²) < 4.78 is 1.08. The van der Waals surface area contributed by atoms with Gasteiger partial charge >= 0.3 is 0 Å². The third-order valence-corrected chi connectivity index (χ3v) is 4.45. The van der Waals surface area contributed by atoms with Gasteiger partial charge in [-0.15, -0.1) is 11.6 Å². The van der Waals surface area contributed by atoms with Gasteiger partial charge in [0.25, 0.3) is 0 Å². The normalized spacial score (nSPS) is 12.5. The van der Waals surface area contributed by atoms with E-state index in [0.717, 1.165) is 10.9 Å². The van der Waals surface area contributed by atoms with Crippen LogP contribution in [-0.4, -0.2) is 0 Å². The molecule has 0 N–H and O–H groups in total. The van der Waals surface area contributed by atoms with Crippen LogP contribution >= 0.6 is 27.5 Å². The molecule has 2 rings (SSSR count). The fourth-order valence-electron chi connectivity index (χ4n) is 2.20. The van der Waals surface area contributed by atoms with Crippen molar-refractivity contribution in [1.29, 1.82) is 0 Å². The van der Waals surface area contributed by atoms with Crippen molar-refractivity contribution < 1.29 is 0 Å². The highest BCUT2D eigenvalue weighted by Gasteiger charge is 2.12. The SMILES string of the molecule is Cc1ccc(CC(Cl)c2cc(Br)ccc2C)cc1C. The Balaban J connectivity index is 2.22. The highest BCUT2D eigenvalue weighted by atomic mass is 79.9.